The Morgan fingerprint density at radius 2 is 1.73 bits per heavy atom. The Kier molecular flexibility index (Phi) is 4.58. The molecule has 0 fully saturated rings. The summed E-state index contributed by atoms with van der Waals surface area (Å²) in [6.07, 6.45) is 1.40. The molecule has 5 nitrogen and oxygen atoms in total. The number of benzene rings is 2. The molecular weight excluding hydrogens is 307 g/mol. The number of hydrogen-bond donors (Lipinski definition) is 1. The fourth-order valence-corrected chi connectivity index (χ4v) is 2.81. The maximum atomic E-state index is 14.0. The Balaban J connectivity index is 2.76. The van der Waals surface area contributed by atoms with E-state index in [1.165, 1.54) is 36.7 Å². The van der Waals surface area contributed by atoms with Gasteiger partial charge in [-0.3, -0.25) is 4.55 Å². The summed E-state index contributed by atoms with van der Waals surface area (Å²) < 4.78 is 47.0. The zero-order chi connectivity index (χ0) is 16.3. The van der Waals surface area contributed by atoms with Crippen LogP contribution < -0.4 is 0 Å². The molecule has 0 amide bonds. The standard InChI is InChI=1S/C15H15FN2O3S/c1-18(2)10-17-14-9-5-7-12(15(14)22(19,20)21)11-6-3-4-8-13(11)16/h3-10H,1-2H3,(H,19,20,21). The molecule has 0 aliphatic heterocycles. The molecule has 0 atom stereocenters. The summed E-state index contributed by atoms with van der Waals surface area (Å²) in [7, 11) is -1.14. The van der Waals surface area contributed by atoms with Gasteiger partial charge < -0.3 is 4.90 Å². The van der Waals surface area contributed by atoms with Crippen molar-refractivity contribution in [3.63, 3.8) is 0 Å². The van der Waals surface area contributed by atoms with Crippen LogP contribution in [0.15, 0.2) is 52.4 Å². The Morgan fingerprint density at radius 1 is 1.09 bits per heavy atom. The molecule has 1 N–H and O–H groups in total. The highest BCUT2D eigenvalue weighted by Crippen LogP contribution is 2.35. The third-order valence-corrected chi connectivity index (χ3v) is 3.79. The normalized spacial score (nSPS) is 11.8. The third kappa shape index (κ3) is 3.49. The largest absolute Gasteiger partial charge is 0.369 e. The van der Waals surface area contributed by atoms with Crippen LogP contribution in [0, 0.1) is 5.82 Å². The second kappa shape index (κ2) is 6.25. The van der Waals surface area contributed by atoms with Gasteiger partial charge in [-0.2, -0.15) is 8.42 Å². The first-order chi connectivity index (χ1) is 10.3. The fourth-order valence-electron chi connectivity index (χ4n) is 1.97. The summed E-state index contributed by atoms with van der Waals surface area (Å²) in [5, 5.41) is 0. The lowest BCUT2D eigenvalue weighted by Gasteiger charge is -2.11. The molecule has 0 heterocycles. The second-order valence-electron chi connectivity index (χ2n) is 4.82. The van der Waals surface area contributed by atoms with Crippen molar-refractivity contribution in [2.24, 2.45) is 4.99 Å². The quantitative estimate of drug-likeness (QED) is 0.534. The maximum Gasteiger partial charge on any atom is 0.297 e. The van der Waals surface area contributed by atoms with E-state index in [0.717, 1.165) is 0 Å². The molecular formula is C15H15FN2O3S. The van der Waals surface area contributed by atoms with Gasteiger partial charge in [0.25, 0.3) is 10.1 Å². The number of nitrogens with zero attached hydrogens (tertiary/aromatic N) is 2. The van der Waals surface area contributed by atoms with E-state index in [0.29, 0.717) is 0 Å². The summed E-state index contributed by atoms with van der Waals surface area (Å²) >= 11 is 0. The van der Waals surface area contributed by atoms with Crippen LogP contribution in [0.3, 0.4) is 0 Å². The summed E-state index contributed by atoms with van der Waals surface area (Å²) in [6, 6.07) is 10.2. The molecule has 0 spiro atoms. The average molecular weight is 322 g/mol. The molecule has 7 heteroatoms. The van der Waals surface area contributed by atoms with Crippen LogP contribution in [-0.2, 0) is 10.1 Å². The highest BCUT2D eigenvalue weighted by Gasteiger charge is 2.22. The molecule has 116 valence electrons. The van der Waals surface area contributed by atoms with Crippen molar-refractivity contribution in [1.82, 2.24) is 4.90 Å². The summed E-state index contributed by atoms with van der Waals surface area (Å²) in [5.41, 5.74) is 0.183. The lowest BCUT2D eigenvalue weighted by atomic mass is 10.0. The van der Waals surface area contributed by atoms with Gasteiger partial charge >= 0.3 is 0 Å². The zero-order valence-corrected chi connectivity index (χ0v) is 12.9. The van der Waals surface area contributed by atoms with E-state index in [2.05, 4.69) is 4.99 Å². The van der Waals surface area contributed by atoms with Crippen molar-refractivity contribution in [3.8, 4) is 11.1 Å². The van der Waals surface area contributed by atoms with Crippen LogP contribution in [0.4, 0.5) is 10.1 Å². The van der Waals surface area contributed by atoms with Crippen LogP contribution >= 0.6 is 0 Å². The number of halogens is 1. The molecule has 0 saturated heterocycles. The lowest BCUT2D eigenvalue weighted by Crippen LogP contribution is -2.08. The highest BCUT2D eigenvalue weighted by molar-refractivity contribution is 7.86. The Labute approximate surface area is 128 Å². The molecule has 2 aromatic carbocycles. The van der Waals surface area contributed by atoms with Gasteiger partial charge in [0.2, 0.25) is 0 Å². The van der Waals surface area contributed by atoms with Gasteiger partial charge in [-0.05, 0) is 12.1 Å². The van der Waals surface area contributed by atoms with Crippen LogP contribution in [0.1, 0.15) is 0 Å². The van der Waals surface area contributed by atoms with E-state index in [4.69, 9.17) is 0 Å². The minimum Gasteiger partial charge on any atom is -0.369 e. The molecule has 2 rings (SSSR count). The number of hydrogen-bond acceptors (Lipinski definition) is 3. The van der Waals surface area contributed by atoms with E-state index in [-0.39, 0.29) is 16.8 Å². The topological polar surface area (TPSA) is 70.0 Å². The van der Waals surface area contributed by atoms with Gasteiger partial charge in [-0.15, -0.1) is 0 Å². The van der Waals surface area contributed by atoms with Crippen LogP contribution in [0.25, 0.3) is 11.1 Å². The summed E-state index contributed by atoms with van der Waals surface area (Å²) in [4.78, 5) is 5.22. The van der Waals surface area contributed by atoms with E-state index < -0.39 is 20.8 Å². The maximum absolute atomic E-state index is 14.0. The number of rotatable bonds is 4. The number of aliphatic imine (C=N–C) groups is 1. The SMILES string of the molecule is CN(C)C=Nc1cccc(-c2ccccc2F)c1S(=O)(=O)O. The summed E-state index contributed by atoms with van der Waals surface area (Å²) in [6.45, 7) is 0. The van der Waals surface area contributed by atoms with Gasteiger partial charge in [0.1, 0.15) is 10.7 Å². The Morgan fingerprint density at radius 3 is 2.32 bits per heavy atom. The van der Waals surface area contributed by atoms with Crippen molar-refractivity contribution < 1.29 is 17.4 Å². The van der Waals surface area contributed by atoms with Crippen LogP contribution in [-0.4, -0.2) is 38.3 Å². The first-order valence-electron chi connectivity index (χ1n) is 6.36. The third-order valence-electron chi connectivity index (χ3n) is 2.84. The predicted octanol–water partition coefficient (Wildman–Crippen LogP) is 2.96. The van der Waals surface area contributed by atoms with E-state index in [1.54, 1.807) is 31.1 Å². The zero-order valence-electron chi connectivity index (χ0n) is 12.1. The molecule has 0 radical (unpaired) electrons. The molecule has 0 aliphatic rings. The van der Waals surface area contributed by atoms with Crippen LogP contribution in [0.5, 0.6) is 0 Å². The van der Waals surface area contributed by atoms with E-state index in [1.807, 2.05) is 0 Å². The first kappa shape index (κ1) is 16.1. The molecule has 0 aliphatic carbocycles. The van der Waals surface area contributed by atoms with Crippen molar-refractivity contribution >= 4 is 22.1 Å². The molecule has 0 bridgehead atoms. The monoisotopic (exact) mass is 322 g/mol. The summed E-state index contributed by atoms with van der Waals surface area (Å²) in [5.74, 6) is -0.582. The predicted molar refractivity (Wildman–Crippen MR) is 83.5 cm³/mol. The van der Waals surface area contributed by atoms with E-state index in [9.17, 15) is 17.4 Å². The first-order valence-corrected chi connectivity index (χ1v) is 7.80. The van der Waals surface area contributed by atoms with Gasteiger partial charge in [-0.1, -0.05) is 30.3 Å². The highest BCUT2D eigenvalue weighted by atomic mass is 32.2. The molecule has 0 unspecified atom stereocenters. The lowest BCUT2D eigenvalue weighted by molar-refractivity contribution is 0.484. The van der Waals surface area contributed by atoms with Crippen molar-refractivity contribution in [3.05, 3.63) is 48.3 Å². The van der Waals surface area contributed by atoms with Gasteiger partial charge in [0, 0.05) is 25.2 Å². The smallest absolute Gasteiger partial charge is 0.297 e. The van der Waals surface area contributed by atoms with Gasteiger partial charge in [-0.25, -0.2) is 9.38 Å². The minimum atomic E-state index is -4.58. The molecule has 0 saturated carbocycles. The van der Waals surface area contributed by atoms with Gasteiger partial charge in [0.05, 0.1) is 12.0 Å². The molecule has 0 aromatic heterocycles. The fraction of sp³-hybridized carbons (Fsp3) is 0.133. The van der Waals surface area contributed by atoms with E-state index >= 15 is 0 Å². The molecule has 22 heavy (non-hydrogen) atoms. The van der Waals surface area contributed by atoms with Gasteiger partial charge in [0.15, 0.2) is 0 Å². The van der Waals surface area contributed by atoms with Crippen molar-refractivity contribution in [1.29, 1.82) is 0 Å². The van der Waals surface area contributed by atoms with Crippen molar-refractivity contribution in [2.75, 3.05) is 14.1 Å². The second-order valence-corrected chi connectivity index (χ2v) is 6.18. The average Bonchev–Trinajstić information content (AvgIpc) is 2.44. The Hall–Kier alpha value is -2.25. The van der Waals surface area contributed by atoms with Crippen molar-refractivity contribution in [2.45, 2.75) is 4.90 Å². The minimum absolute atomic E-state index is 0.0388. The Bertz CT molecular complexity index is 817. The van der Waals surface area contributed by atoms with Crippen LogP contribution in [0.2, 0.25) is 0 Å². The molecule has 2 aromatic rings.